The number of pyridine rings is 1. The highest BCUT2D eigenvalue weighted by Gasteiger charge is 2.46. The van der Waals surface area contributed by atoms with E-state index in [1.165, 1.54) is 16.7 Å². The maximum atomic E-state index is 13.4. The zero-order chi connectivity index (χ0) is 20.7. The Morgan fingerprint density at radius 3 is 2.77 bits per heavy atom. The predicted octanol–water partition coefficient (Wildman–Crippen LogP) is 4.21. The molecule has 3 aliphatic heterocycles. The van der Waals surface area contributed by atoms with Gasteiger partial charge in [0, 0.05) is 34.9 Å². The van der Waals surface area contributed by atoms with E-state index >= 15 is 0 Å². The lowest BCUT2D eigenvalue weighted by Crippen LogP contribution is -2.60. The van der Waals surface area contributed by atoms with Crippen LogP contribution in [0.1, 0.15) is 29.9 Å². The SMILES string of the molecule is O=C1NC2C=C(c3ccccc3Cl)SC2C(=O)N1c1cnccc1C1CCOCC1. The molecule has 1 aromatic heterocycles. The number of nitrogens with one attached hydrogen (secondary N) is 1. The van der Waals surface area contributed by atoms with Gasteiger partial charge in [0.1, 0.15) is 5.25 Å². The van der Waals surface area contributed by atoms with Crippen molar-refractivity contribution < 1.29 is 14.3 Å². The lowest BCUT2D eigenvalue weighted by molar-refractivity contribution is -0.118. The molecule has 6 nitrogen and oxygen atoms in total. The Labute approximate surface area is 183 Å². The molecule has 0 radical (unpaired) electrons. The number of amides is 3. The summed E-state index contributed by atoms with van der Waals surface area (Å²) in [7, 11) is 0. The van der Waals surface area contributed by atoms with E-state index in [-0.39, 0.29) is 17.9 Å². The number of carbonyl (C=O) groups excluding carboxylic acids is 2. The van der Waals surface area contributed by atoms with Gasteiger partial charge in [0.2, 0.25) is 0 Å². The van der Waals surface area contributed by atoms with Crippen molar-refractivity contribution in [2.45, 2.75) is 30.1 Å². The van der Waals surface area contributed by atoms with E-state index in [2.05, 4.69) is 10.3 Å². The molecular formula is C22H20ClN3O3S. The average Bonchev–Trinajstić information content (AvgIpc) is 3.19. The quantitative estimate of drug-likeness (QED) is 0.772. The van der Waals surface area contributed by atoms with E-state index in [1.807, 2.05) is 36.4 Å². The van der Waals surface area contributed by atoms with Crippen molar-refractivity contribution >= 4 is 45.9 Å². The summed E-state index contributed by atoms with van der Waals surface area (Å²) in [4.78, 5) is 32.8. The highest BCUT2D eigenvalue weighted by molar-refractivity contribution is 8.09. The van der Waals surface area contributed by atoms with Gasteiger partial charge in [0.25, 0.3) is 5.91 Å². The molecule has 5 rings (SSSR count). The van der Waals surface area contributed by atoms with Crippen LogP contribution in [0, 0.1) is 0 Å². The van der Waals surface area contributed by atoms with Gasteiger partial charge < -0.3 is 10.1 Å². The predicted molar refractivity (Wildman–Crippen MR) is 118 cm³/mol. The van der Waals surface area contributed by atoms with E-state index in [4.69, 9.17) is 16.3 Å². The van der Waals surface area contributed by atoms with Crippen molar-refractivity contribution in [1.29, 1.82) is 0 Å². The lowest BCUT2D eigenvalue weighted by Gasteiger charge is -2.35. The van der Waals surface area contributed by atoms with Gasteiger partial charge >= 0.3 is 6.03 Å². The van der Waals surface area contributed by atoms with Crippen LogP contribution in [0.15, 0.2) is 48.8 Å². The first-order valence-corrected chi connectivity index (χ1v) is 11.2. The summed E-state index contributed by atoms with van der Waals surface area (Å²) in [5, 5.41) is 3.17. The average molecular weight is 442 g/mol. The maximum Gasteiger partial charge on any atom is 0.329 e. The molecule has 0 spiro atoms. The van der Waals surface area contributed by atoms with Gasteiger partial charge in [-0.3, -0.25) is 9.78 Å². The maximum absolute atomic E-state index is 13.4. The van der Waals surface area contributed by atoms with Gasteiger partial charge in [0.15, 0.2) is 0 Å². The summed E-state index contributed by atoms with van der Waals surface area (Å²) in [6.45, 7) is 1.36. The number of nitrogens with zero attached hydrogens (tertiary/aromatic N) is 2. The number of hydrogen-bond acceptors (Lipinski definition) is 5. The minimum atomic E-state index is -0.434. The van der Waals surface area contributed by atoms with Crippen LogP contribution in [0.2, 0.25) is 5.02 Å². The first-order chi connectivity index (χ1) is 14.6. The molecule has 4 heterocycles. The molecule has 0 bridgehead atoms. The number of rotatable bonds is 3. The minimum absolute atomic E-state index is 0.228. The molecular weight excluding hydrogens is 422 g/mol. The Bertz CT molecular complexity index is 1040. The molecule has 2 atom stereocenters. The minimum Gasteiger partial charge on any atom is -0.381 e. The number of benzene rings is 1. The van der Waals surface area contributed by atoms with Crippen LogP contribution >= 0.6 is 23.4 Å². The molecule has 1 aromatic carbocycles. The molecule has 0 aliphatic carbocycles. The Morgan fingerprint density at radius 2 is 1.97 bits per heavy atom. The van der Waals surface area contributed by atoms with Gasteiger partial charge in [-0.1, -0.05) is 29.8 Å². The van der Waals surface area contributed by atoms with E-state index < -0.39 is 11.3 Å². The standard InChI is InChI=1S/C22H20ClN3O3S/c23-16-4-2-1-3-15(16)19-11-17-20(30-19)21(27)26(22(28)25-17)18-12-24-8-5-14(18)13-6-9-29-10-7-13/h1-5,8,11-13,17,20H,6-7,9-10H2,(H,25,28). The Morgan fingerprint density at radius 1 is 1.17 bits per heavy atom. The van der Waals surface area contributed by atoms with Crippen LogP contribution < -0.4 is 10.2 Å². The Hall–Kier alpha value is -2.35. The van der Waals surface area contributed by atoms with Crippen molar-refractivity contribution in [2.24, 2.45) is 0 Å². The van der Waals surface area contributed by atoms with Crippen molar-refractivity contribution in [3.05, 3.63) is 65.0 Å². The number of imide groups is 1. The fourth-order valence-corrected chi connectivity index (χ4v) is 5.83. The number of urea groups is 1. The molecule has 2 aromatic rings. The van der Waals surface area contributed by atoms with Gasteiger partial charge in [-0.15, -0.1) is 11.8 Å². The van der Waals surface area contributed by atoms with E-state index in [0.717, 1.165) is 28.9 Å². The number of aromatic nitrogens is 1. The van der Waals surface area contributed by atoms with Crippen LogP contribution in [0.25, 0.3) is 4.91 Å². The second-order valence-electron chi connectivity index (χ2n) is 7.52. The number of thioether (sulfide) groups is 1. The molecule has 0 saturated carbocycles. The molecule has 1 N–H and O–H groups in total. The first-order valence-electron chi connectivity index (χ1n) is 9.93. The van der Waals surface area contributed by atoms with E-state index in [0.29, 0.717) is 23.9 Å². The van der Waals surface area contributed by atoms with Crippen LogP contribution in [0.4, 0.5) is 10.5 Å². The Kier molecular flexibility index (Phi) is 5.26. The molecule has 30 heavy (non-hydrogen) atoms. The fraction of sp³-hybridized carbons (Fsp3) is 0.318. The third-order valence-electron chi connectivity index (χ3n) is 5.74. The number of fused-ring (bicyclic) bond motifs is 1. The summed E-state index contributed by atoms with van der Waals surface area (Å²) < 4.78 is 5.47. The molecule has 8 heteroatoms. The van der Waals surface area contributed by atoms with Crippen LogP contribution in [-0.2, 0) is 9.53 Å². The topological polar surface area (TPSA) is 71.5 Å². The highest BCUT2D eigenvalue weighted by atomic mass is 35.5. The molecule has 3 amide bonds. The largest absolute Gasteiger partial charge is 0.381 e. The number of anilines is 1. The fourth-order valence-electron chi connectivity index (χ4n) is 4.24. The molecule has 2 fully saturated rings. The Balaban J connectivity index is 1.45. The summed E-state index contributed by atoms with van der Waals surface area (Å²) in [5.74, 6) is 0.0106. The number of carbonyl (C=O) groups is 2. The van der Waals surface area contributed by atoms with Crippen molar-refractivity contribution in [2.75, 3.05) is 18.1 Å². The van der Waals surface area contributed by atoms with Gasteiger partial charge in [-0.25, -0.2) is 9.69 Å². The third-order valence-corrected chi connectivity index (χ3v) is 7.43. The third kappa shape index (κ3) is 3.41. The molecule has 154 valence electrons. The van der Waals surface area contributed by atoms with E-state index in [9.17, 15) is 9.59 Å². The zero-order valence-corrected chi connectivity index (χ0v) is 17.7. The number of halogens is 1. The van der Waals surface area contributed by atoms with Gasteiger partial charge in [-0.2, -0.15) is 0 Å². The lowest BCUT2D eigenvalue weighted by atomic mass is 9.90. The smallest absolute Gasteiger partial charge is 0.329 e. The second-order valence-corrected chi connectivity index (χ2v) is 9.11. The number of hydrogen-bond donors (Lipinski definition) is 1. The summed E-state index contributed by atoms with van der Waals surface area (Å²) >= 11 is 7.78. The summed E-state index contributed by atoms with van der Waals surface area (Å²) in [5.41, 5.74) is 2.41. The normalized spacial score (nSPS) is 24.4. The highest BCUT2D eigenvalue weighted by Crippen LogP contribution is 2.45. The molecule has 2 saturated heterocycles. The summed E-state index contributed by atoms with van der Waals surface area (Å²) in [6.07, 6.45) is 6.97. The summed E-state index contributed by atoms with van der Waals surface area (Å²) in [6, 6.07) is 8.66. The van der Waals surface area contributed by atoms with Crippen molar-refractivity contribution in [1.82, 2.24) is 10.3 Å². The van der Waals surface area contributed by atoms with Crippen molar-refractivity contribution in [3.63, 3.8) is 0 Å². The van der Waals surface area contributed by atoms with Crippen LogP contribution in [-0.4, -0.2) is 41.4 Å². The zero-order valence-electron chi connectivity index (χ0n) is 16.1. The number of ether oxygens (including phenoxy) is 1. The van der Waals surface area contributed by atoms with Gasteiger partial charge in [-0.05, 0) is 42.5 Å². The van der Waals surface area contributed by atoms with Crippen LogP contribution in [0.5, 0.6) is 0 Å². The van der Waals surface area contributed by atoms with Crippen LogP contribution in [0.3, 0.4) is 0 Å². The van der Waals surface area contributed by atoms with E-state index in [1.54, 1.807) is 12.4 Å². The van der Waals surface area contributed by atoms with Crippen molar-refractivity contribution in [3.8, 4) is 0 Å². The molecule has 2 unspecified atom stereocenters. The monoisotopic (exact) mass is 441 g/mol. The van der Waals surface area contributed by atoms with Gasteiger partial charge in [0.05, 0.1) is 17.9 Å². The first kappa shape index (κ1) is 19.6. The molecule has 3 aliphatic rings. The second kappa shape index (κ2) is 8.06.